The Morgan fingerprint density at radius 1 is 0.615 bits per heavy atom. The summed E-state index contributed by atoms with van der Waals surface area (Å²) in [7, 11) is 0. The van der Waals surface area contributed by atoms with Gasteiger partial charge in [-0.1, -0.05) is 60.7 Å². The Hall–Kier alpha value is -2.78. The van der Waals surface area contributed by atoms with Crippen molar-refractivity contribution in [3.05, 3.63) is 96.1 Å². The fourth-order valence-corrected chi connectivity index (χ4v) is 3.81. The summed E-state index contributed by atoms with van der Waals surface area (Å²) in [6.07, 6.45) is 0. The molecular formula is C23H25N3. The van der Waals surface area contributed by atoms with Gasteiger partial charge in [-0.15, -0.1) is 0 Å². The lowest BCUT2D eigenvalue weighted by molar-refractivity contribution is 0.212. The van der Waals surface area contributed by atoms with Gasteiger partial charge in [0.05, 0.1) is 6.04 Å². The Morgan fingerprint density at radius 2 is 1.12 bits per heavy atom. The zero-order chi connectivity index (χ0) is 17.8. The molecule has 0 spiro atoms. The van der Waals surface area contributed by atoms with Crippen LogP contribution >= 0.6 is 0 Å². The van der Waals surface area contributed by atoms with Gasteiger partial charge < -0.3 is 10.6 Å². The van der Waals surface area contributed by atoms with E-state index in [4.69, 9.17) is 5.73 Å². The summed E-state index contributed by atoms with van der Waals surface area (Å²) in [5.41, 5.74) is 10.6. The fraction of sp³-hybridized carbons (Fsp3) is 0.217. The van der Waals surface area contributed by atoms with Crippen LogP contribution in [0, 0.1) is 0 Å². The van der Waals surface area contributed by atoms with E-state index in [9.17, 15) is 0 Å². The maximum absolute atomic E-state index is 5.82. The molecule has 3 aromatic rings. The van der Waals surface area contributed by atoms with E-state index in [1.165, 1.54) is 16.8 Å². The molecular weight excluding hydrogens is 318 g/mol. The van der Waals surface area contributed by atoms with Gasteiger partial charge >= 0.3 is 0 Å². The maximum atomic E-state index is 5.82. The van der Waals surface area contributed by atoms with E-state index < -0.39 is 0 Å². The van der Waals surface area contributed by atoms with Crippen LogP contribution in [0.25, 0.3) is 0 Å². The molecule has 0 amide bonds. The summed E-state index contributed by atoms with van der Waals surface area (Å²) in [6, 6.07) is 30.2. The first-order valence-corrected chi connectivity index (χ1v) is 9.26. The second-order valence-electron chi connectivity index (χ2n) is 6.84. The fourth-order valence-electron chi connectivity index (χ4n) is 3.81. The van der Waals surface area contributed by atoms with Crippen LogP contribution in [0.15, 0.2) is 84.9 Å². The number of rotatable bonds is 4. The minimum absolute atomic E-state index is 0.311. The number of nitrogen functional groups attached to an aromatic ring is 1. The van der Waals surface area contributed by atoms with Gasteiger partial charge in [0.1, 0.15) is 0 Å². The van der Waals surface area contributed by atoms with E-state index in [0.717, 1.165) is 31.9 Å². The molecule has 0 atom stereocenters. The lowest BCUT2D eigenvalue weighted by atomic mass is 9.96. The van der Waals surface area contributed by atoms with Crippen LogP contribution < -0.4 is 10.6 Å². The first-order valence-electron chi connectivity index (χ1n) is 9.26. The van der Waals surface area contributed by atoms with E-state index >= 15 is 0 Å². The van der Waals surface area contributed by atoms with Crippen molar-refractivity contribution in [1.82, 2.24) is 4.90 Å². The quantitative estimate of drug-likeness (QED) is 0.721. The normalized spacial score (nSPS) is 15.3. The molecule has 3 nitrogen and oxygen atoms in total. The topological polar surface area (TPSA) is 32.5 Å². The summed E-state index contributed by atoms with van der Waals surface area (Å²) in [5.74, 6) is 0. The van der Waals surface area contributed by atoms with Crippen molar-refractivity contribution in [3.63, 3.8) is 0 Å². The Labute approximate surface area is 155 Å². The Kier molecular flexibility index (Phi) is 4.89. The summed E-state index contributed by atoms with van der Waals surface area (Å²) in [5, 5.41) is 0. The minimum Gasteiger partial charge on any atom is -0.399 e. The molecule has 4 rings (SSSR count). The van der Waals surface area contributed by atoms with Gasteiger partial charge in [0, 0.05) is 37.6 Å². The van der Waals surface area contributed by atoms with E-state index in [-0.39, 0.29) is 0 Å². The SMILES string of the molecule is Nc1ccc(N2CCN(C(c3ccccc3)c3ccccc3)CC2)cc1. The average molecular weight is 343 g/mol. The first-order chi connectivity index (χ1) is 12.8. The molecule has 1 saturated heterocycles. The highest BCUT2D eigenvalue weighted by Gasteiger charge is 2.26. The highest BCUT2D eigenvalue weighted by molar-refractivity contribution is 5.53. The molecule has 1 aliphatic rings. The second kappa shape index (κ2) is 7.63. The predicted octanol–water partition coefficient (Wildman–Crippen LogP) is 4.18. The molecule has 132 valence electrons. The standard InChI is InChI=1S/C23H25N3/c24-21-11-13-22(14-12-21)25-15-17-26(18-16-25)23(19-7-3-1-4-8-19)20-9-5-2-6-10-20/h1-14,23H,15-18,24H2. The molecule has 26 heavy (non-hydrogen) atoms. The summed E-state index contributed by atoms with van der Waals surface area (Å²) >= 11 is 0. The average Bonchev–Trinajstić information content (AvgIpc) is 2.71. The van der Waals surface area contributed by atoms with Crippen molar-refractivity contribution in [3.8, 4) is 0 Å². The van der Waals surface area contributed by atoms with Gasteiger partial charge in [-0.3, -0.25) is 4.90 Å². The number of hydrogen-bond donors (Lipinski definition) is 1. The number of nitrogens with two attached hydrogens (primary N) is 1. The van der Waals surface area contributed by atoms with Crippen molar-refractivity contribution in [2.24, 2.45) is 0 Å². The van der Waals surface area contributed by atoms with E-state index in [2.05, 4.69) is 82.6 Å². The zero-order valence-corrected chi connectivity index (χ0v) is 15.0. The Balaban J connectivity index is 1.54. The number of hydrogen-bond acceptors (Lipinski definition) is 3. The van der Waals surface area contributed by atoms with E-state index in [1.807, 2.05) is 12.1 Å². The molecule has 1 fully saturated rings. The molecule has 0 aliphatic carbocycles. The third-order valence-corrected chi connectivity index (χ3v) is 5.17. The lowest BCUT2D eigenvalue weighted by Crippen LogP contribution is -2.48. The second-order valence-corrected chi connectivity index (χ2v) is 6.84. The molecule has 3 aromatic carbocycles. The van der Waals surface area contributed by atoms with Crippen molar-refractivity contribution in [1.29, 1.82) is 0 Å². The molecule has 0 saturated carbocycles. The number of anilines is 2. The van der Waals surface area contributed by atoms with Crippen LogP contribution in [0.1, 0.15) is 17.2 Å². The van der Waals surface area contributed by atoms with Crippen molar-refractivity contribution in [2.75, 3.05) is 36.8 Å². The third kappa shape index (κ3) is 3.58. The predicted molar refractivity (Wildman–Crippen MR) is 109 cm³/mol. The zero-order valence-electron chi connectivity index (χ0n) is 15.0. The van der Waals surface area contributed by atoms with Gasteiger partial charge in [-0.2, -0.15) is 0 Å². The molecule has 0 unspecified atom stereocenters. The van der Waals surface area contributed by atoms with Gasteiger partial charge in [-0.25, -0.2) is 0 Å². The smallest absolute Gasteiger partial charge is 0.0603 e. The van der Waals surface area contributed by atoms with Crippen LogP contribution in [-0.4, -0.2) is 31.1 Å². The first kappa shape index (κ1) is 16.7. The molecule has 1 heterocycles. The minimum atomic E-state index is 0.311. The highest BCUT2D eigenvalue weighted by Crippen LogP contribution is 2.30. The number of piperazine rings is 1. The van der Waals surface area contributed by atoms with Crippen molar-refractivity contribution < 1.29 is 0 Å². The van der Waals surface area contributed by atoms with Crippen LogP contribution in [0.3, 0.4) is 0 Å². The molecule has 2 N–H and O–H groups in total. The lowest BCUT2D eigenvalue weighted by Gasteiger charge is -2.40. The van der Waals surface area contributed by atoms with E-state index in [0.29, 0.717) is 6.04 Å². The third-order valence-electron chi connectivity index (χ3n) is 5.17. The van der Waals surface area contributed by atoms with Gasteiger partial charge in [0.25, 0.3) is 0 Å². The maximum Gasteiger partial charge on any atom is 0.0603 e. The number of benzene rings is 3. The molecule has 3 heteroatoms. The highest BCUT2D eigenvalue weighted by atomic mass is 15.3. The van der Waals surface area contributed by atoms with Gasteiger partial charge in [-0.05, 0) is 35.4 Å². The van der Waals surface area contributed by atoms with Gasteiger partial charge in [0.15, 0.2) is 0 Å². The Bertz CT molecular complexity index is 768. The molecule has 0 radical (unpaired) electrons. The summed E-state index contributed by atoms with van der Waals surface area (Å²) in [6.45, 7) is 4.14. The molecule has 0 bridgehead atoms. The monoisotopic (exact) mass is 343 g/mol. The van der Waals surface area contributed by atoms with Crippen molar-refractivity contribution >= 4 is 11.4 Å². The molecule has 1 aliphatic heterocycles. The van der Waals surface area contributed by atoms with Crippen LogP contribution in [0.4, 0.5) is 11.4 Å². The largest absolute Gasteiger partial charge is 0.399 e. The summed E-state index contributed by atoms with van der Waals surface area (Å²) < 4.78 is 0. The van der Waals surface area contributed by atoms with Gasteiger partial charge in [0.2, 0.25) is 0 Å². The van der Waals surface area contributed by atoms with Crippen LogP contribution in [-0.2, 0) is 0 Å². The summed E-state index contributed by atoms with van der Waals surface area (Å²) in [4.78, 5) is 5.04. The van der Waals surface area contributed by atoms with E-state index in [1.54, 1.807) is 0 Å². The Morgan fingerprint density at radius 3 is 1.62 bits per heavy atom. The molecule has 0 aromatic heterocycles. The van der Waals surface area contributed by atoms with Crippen LogP contribution in [0.5, 0.6) is 0 Å². The number of nitrogens with zero attached hydrogens (tertiary/aromatic N) is 2. The van der Waals surface area contributed by atoms with Crippen molar-refractivity contribution in [2.45, 2.75) is 6.04 Å². The van der Waals surface area contributed by atoms with Crippen LogP contribution in [0.2, 0.25) is 0 Å².